The molecule has 0 atom stereocenters. The SMILES string of the molecule is CN1CCS(=O)(=O)c2cc(-c3nc(Nc4cn(C5CCN(C(=O)OC(C)(C)C)CC5)nc4C4CC4)ncc3C(F)(F)F)sc2C1=O. The van der Waals surface area contributed by atoms with Crippen molar-refractivity contribution in [2.24, 2.45) is 0 Å². The van der Waals surface area contributed by atoms with Gasteiger partial charge in [0.05, 0.1) is 38.6 Å². The largest absolute Gasteiger partial charge is 0.444 e. The van der Waals surface area contributed by atoms with E-state index in [2.05, 4.69) is 15.3 Å². The number of anilines is 2. The zero-order chi connectivity index (χ0) is 33.2. The zero-order valence-electron chi connectivity index (χ0n) is 25.7. The van der Waals surface area contributed by atoms with Gasteiger partial charge in [-0.05, 0) is 52.5 Å². The molecule has 46 heavy (non-hydrogen) atoms. The van der Waals surface area contributed by atoms with Crippen LogP contribution >= 0.6 is 11.3 Å². The molecule has 3 aliphatic rings. The predicted molar refractivity (Wildman–Crippen MR) is 163 cm³/mol. The minimum absolute atomic E-state index is 0.00467. The number of piperidine rings is 1. The maximum Gasteiger partial charge on any atom is 0.420 e. The highest BCUT2D eigenvalue weighted by molar-refractivity contribution is 7.91. The highest BCUT2D eigenvalue weighted by Gasteiger charge is 2.39. The average molecular weight is 682 g/mol. The molecule has 5 heterocycles. The van der Waals surface area contributed by atoms with Gasteiger partial charge in [0, 0.05) is 45.0 Å². The Morgan fingerprint density at radius 3 is 2.43 bits per heavy atom. The number of alkyl halides is 3. The van der Waals surface area contributed by atoms with Gasteiger partial charge in [-0.1, -0.05) is 0 Å². The molecule has 0 radical (unpaired) electrons. The highest BCUT2D eigenvalue weighted by atomic mass is 32.2. The van der Waals surface area contributed by atoms with Crippen LogP contribution in [0.4, 0.5) is 29.6 Å². The summed E-state index contributed by atoms with van der Waals surface area (Å²) in [4.78, 5) is 35.9. The van der Waals surface area contributed by atoms with Gasteiger partial charge in [-0.15, -0.1) is 11.3 Å². The fourth-order valence-corrected chi connectivity index (χ4v) is 8.49. The third-order valence-electron chi connectivity index (χ3n) is 8.06. The number of sulfone groups is 1. The molecule has 0 spiro atoms. The van der Waals surface area contributed by atoms with Crippen LogP contribution in [0.2, 0.25) is 0 Å². The van der Waals surface area contributed by atoms with E-state index in [9.17, 15) is 31.2 Å². The van der Waals surface area contributed by atoms with Crippen molar-refractivity contribution in [3.8, 4) is 10.6 Å². The van der Waals surface area contributed by atoms with Crippen molar-refractivity contribution in [1.82, 2.24) is 29.5 Å². The molecular formula is C29H34F3N7O5S2. The van der Waals surface area contributed by atoms with Crippen molar-refractivity contribution >= 4 is 44.8 Å². The molecule has 17 heteroatoms. The average Bonchev–Trinajstić information content (AvgIpc) is 3.58. The fraction of sp³-hybridized carbons (Fsp3) is 0.552. The number of hydrogen-bond donors (Lipinski definition) is 1. The van der Waals surface area contributed by atoms with Crippen molar-refractivity contribution in [2.75, 3.05) is 37.8 Å². The molecule has 12 nitrogen and oxygen atoms in total. The van der Waals surface area contributed by atoms with Crippen molar-refractivity contribution in [1.29, 1.82) is 0 Å². The van der Waals surface area contributed by atoms with E-state index in [0.717, 1.165) is 24.6 Å². The summed E-state index contributed by atoms with van der Waals surface area (Å²) in [5.74, 6) is -0.860. The quantitative estimate of drug-likeness (QED) is 0.371. The molecular weight excluding hydrogens is 647 g/mol. The third kappa shape index (κ3) is 6.56. The van der Waals surface area contributed by atoms with Gasteiger partial charge in [-0.2, -0.15) is 18.3 Å². The lowest BCUT2D eigenvalue weighted by molar-refractivity contribution is -0.137. The van der Waals surface area contributed by atoms with Crippen LogP contribution in [0.15, 0.2) is 23.4 Å². The molecule has 2 fully saturated rings. The second-order valence-electron chi connectivity index (χ2n) is 12.8. The van der Waals surface area contributed by atoms with Crippen LogP contribution in [0, 0.1) is 0 Å². The van der Waals surface area contributed by atoms with Gasteiger partial charge >= 0.3 is 12.3 Å². The van der Waals surface area contributed by atoms with E-state index in [1.165, 1.54) is 11.9 Å². The van der Waals surface area contributed by atoms with Crippen molar-refractivity contribution in [3.05, 3.63) is 34.6 Å². The number of carbonyl (C=O) groups excluding carboxylic acids is 2. The summed E-state index contributed by atoms with van der Waals surface area (Å²) < 4.78 is 75.5. The molecule has 0 bridgehead atoms. The number of hydrogen-bond acceptors (Lipinski definition) is 10. The van der Waals surface area contributed by atoms with E-state index in [-0.39, 0.29) is 50.9 Å². The Hall–Kier alpha value is -3.73. The van der Waals surface area contributed by atoms with Crippen LogP contribution in [0.25, 0.3) is 10.6 Å². The molecule has 0 unspecified atom stereocenters. The Morgan fingerprint density at radius 2 is 1.80 bits per heavy atom. The minimum Gasteiger partial charge on any atom is -0.444 e. The van der Waals surface area contributed by atoms with E-state index < -0.39 is 38.8 Å². The summed E-state index contributed by atoms with van der Waals surface area (Å²) in [5, 5.41) is 7.87. The van der Waals surface area contributed by atoms with Crippen molar-refractivity contribution < 1.29 is 35.9 Å². The van der Waals surface area contributed by atoms with Crippen LogP contribution in [0.3, 0.4) is 0 Å². The standard InChI is InChI=1S/C29H34F3N7O5S2/c1-28(2,3)44-27(41)38-9-7-17(8-10-38)39-15-19(22(36-39)16-5-6-16)34-26-33-14-18(29(30,31)32)23(35-26)20-13-21-24(45-20)25(40)37(4)11-12-46(21,42)43/h13-17H,5-12H2,1-4H3,(H,33,34,35). The van der Waals surface area contributed by atoms with E-state index in [4.69, 9.17) is 9.84 Å². The number of ether oxygens (including phenoxy) is 1. The van der Waals surface area contributed by atoms with Crippen LogP contribution in [0.5, 0.6) is 0 Å². The van der Waals surface area contributed by atoms with Crippen molar-refractivity contribution in [3.63, 3.8) is 0 Å². The molecule has 6 rings (SSSR count). The number of fused-ring (bicyclic) bond motifs is 1. The highest BCUT2D eigenvalue weighted by Crippen LogP contribution is 2.45. The molecule has 2 aliphatic heterocycles. The van der Waals surface area contributed by atoms with Gasteiger partial charge < -0.3 is 19.9 Å². The summed E-state index contributed by atoms with van der Waals surface area (Å²) in [6.07, 6.45) is 0.365. The van der Waals surface area contributed by atoms with Crippen LogP contribution in [-0.4, -0.2) is 88.0 Å². The van der Waals surface area contributed by atoms with Crippen LogP contribution in [0.1, 0.15) is 79.3 Å². The summed E-state index contributed by atoms with van der Waals surface area (Å²) in [6.45, 7) is 6.41. The Labute approximate surface area is 267 Å². The van der Waals surface area contributed by atoms with E-state index in [1.54, 1.807) is 11.1 Å². The number of nitrogens with one attached hydrogen (secondary N) is 1. The smallest absolute Gasteiger partial charge is 0.420 e. The van der Waals surface area contributed by atoms with E-state index in [1.807, 2.05) is 25.5 Å². The lowest BCUT2D eigenvalue weighted by atomic mass is 10.1. The summed E-state index contributed by atoms with van der Waals surface area (Å²) in [7, 11) is -2.46. The van der Waals surface area contributed by atoms with E-state index >= 15 is 0 Å². The molecule has 1 saturated carbocycles. The number of thiophene rings is 1. The summed E-state index contributed by atoms with van der Waals surface area (Å²) in [5.41, 5.74) is -0.957. The third-order valence-corrected chi connectivity index (χ3v) is 11.0. The normalized spacial score (nSPS) is 19.2. The van der Waals surface area contributed by atoms with Gasteiger partial charge in [-0.25, -0.2) is 23.2 Å². The van der Waals surface area contributed by atoms with Crippen molar-refractivity contribution in [2.45, 2.75) is 75.1 Å². The zero-order valence-corrected chi connectivity index (χ0v) is 27.4. The molecule has 1 aliphatic carbocycles. The molecule has 0 aromatic carbocycles. The lowest BCUT2D eigenvalue weighted by Gasteiger charge is -2.33. The van der Waals surface area contributed by atoms with Gasteiger partial charge in [-0.3, -0.25) is 9.48 Å². The Bertz CT molecular complexity index is 1790. The maximum absolute atomic E-state index is 14.1. The Kier molecular flexibility index (Phi) is 8.06. The maximum atomic E-state index is 14.1. The molecule has 1 saturated heterocycles. The van der Waals surface area contributed by atoms with E-state index in [0.29, 0.717) is 49.2 Å². The minimum atomic E-state index is -4.84. The monoisotopic (exact) mass is 681 g/mol. The molecule has 3 aromatic heterocycles. The number of likely N-dealkylation sites (tertiary alicyclic amines) is 1. The number of carbonyl (C=O) groups is 2. The molecule has 248 valence electrons. The first-order chi connectivity index (χ1) is 21.5. The van der Waals surface area contributed by atoms with Gasteiger partial charge in [0.15, 0.2) is 9.84 Å². The lowest BCUT2D eigenvalue weighted by Crippen LogP contribution is -2.42. The summed E-state index contributed by atoms with van der Waals surface area (Å²) in [6, 6.07) is 1.10. The van der Waals surface area contributed by atoms with Gasteiger partial charge in [0.2, 0.25) is 5.95 Å². The number of rotatable bonds is 5. The van der Waals surface area contributed by atoms with Crippen LogP contribution in [-0.2, 0) is 20.8 Å². The first-order valence-electron chi connectivity index (χ1n) is 14.9. The van der Waals surface area contributed by atoms with Gasteiger partial charge in [0.25, 0.3) is 5.91 Å². The Balaban J connectivity index is 1.29. The second kappa shape index (κ2) is 11.5. The number of aromatic nitrogens is 4. The first-order valence-corrected chi connectivity index (χ1v) is 17.4. The molecule has 2 amide bonds. The summed E-state index contributed by atoms with van der Waals surface area (Å²) >= 11 is 0.665. The number of amides is 2. The number of halogens is 3. The molecule has 1 N–H and O–H groups in total. The second-order valence-corrected chi connectivity index (χ2v) is 15.9. The topological polar surface area (TPSA) is 140 Å². The first kappa shape index (κ1) is 32.2. The predicted octanol–water partition coefficient (Wildman–Crippen LogP) is 5.47. The fourth-order valence-electron chi connectivity index (χ4n) is 5.46. The number of nitrogens with zero attached hydrogens (tertiary/aromatic N) is 6. The van der Waals surface area contributed by atoms with Crippen LogP contribution < -0.4 is 5.32 Å². The molecule has 3 aromatic rings. The Morgan fingerprint density at radius 1 is 1.11 bits per heavy atom. The van der Waals surface area contributed by atoms with Gasteiger partial charge in [0.1, 0.15) is 16.0 Å².